The third-order valence-corrected chi connectivity index (χ3v) is 4.56. The molecule has 0 aliphatic carbocycles. The Morgan fingerprint density at radius 2 is 2.00 bits per heavy atom. The van der Waals surface area contributed by atoms with E-state index in [-0.39, 0.29) is 24.3 Å². The molecule has 0 saturated carbocycles. The van der Waals surface area contributed by atoms with E-state index in [0.29, 0.717) is 11.3 Å². The zero-order valence-corrected chi connectivity index (χ0v) is 15.1. The van der Waals surface area contributed by atoms with Crippen LogP contribution in [0.5, 0.6) is 0 Å². The van der Waals surface area contributed by atoms with Crippen LogP contribution < -0.4 is 10.6 Å². The molecule has 6 nitrogen and oxygen atoms in total. The number of hydrogen-bond donors (Lipinski definition) is 2. The average Bonchev–Trinajstić information content (AvgIpc) is 3.09. The highest BCUT2D eigenvalue weighted by Crippen LogP contribution is 2.23. The molecule has 2 rings (SSSR count). The molecular formula is C18H20N2O4S. The lowest BCUT2D eigenvalue weighted by Crippen LogP contribution is -2.29. The van der Waals surface area contributed by atoms with E-state index in [2.05, 4.69) is 15.4 Å². The van der Waals surface area contributed by atoms with E-state index in [9.17, 15) is 14.4 Å². The fourth-order valence-electron chi connectivity index (χ4n) is 2.39. The Kier molecular flexibility index (Phi) is 6.30. The molecule has 1 unspecified atom stereocenters. The number of thiophene rings is 1. The van der Waals surface area contributed by atoms with Crippen molar-refractivity contribution in [3.63, 3.8) is 0 Å². The van der Waals surface area contributed by atoms with Crippen LogP contribution in [-0.4, -0.2) is 24.9 Å². The van der Waals surface area contributed by atoms with Crippen molar-refractivity contribution in [3.05, 3.63) is 51.7 Å². The zero-order chi connectivity index (χ0) is 18.4. The van der Waals surface area contributed by atoms with Crippen LogP contribution in [0.3, 0.4) is 0 Å². The fourth-order valence-corrected chi connectivity index (χ4v) is 3.17. The van der Waals surface area contributed by atoms with Crippen LogP contribution >= 0.6 is 11.3 Å². The first kappa shape index (κ1) is 18.7. The summed E-state index contributed by atoms with van der Waals surface area (Å²) in [7, 11) is 1.32. The third kappa shape index (κ3) is 5.15. The number of benzene rings is 1. The normalized spacial score (nSPS) is 11.5. The maximum absolute atomic E-state index is 12.4. The second-order valence-corrected chi connectivity index (χ2v) is 6.52. The van der Waals surface area contributed by atoms with Gasteiger partial charge in [0.05, 0.1) is 25.1 Å². The summed E-state index contributed by atoms with van der Waals surface area (Å²) < 4.78 is 4.68. The smallest absolute Gasteiger partial charge is 0.337 e. The van der Waals surface area contributed by atoms with Crippen LogP contribution in [-0.2, 0) is 14.3 Å². The number of carbonyl (C=O) groups is 3. The van der Waals surface area contributed by atoms with Gasteiger partial charge in [-0.1, -0.05) is 6.07 Å². The summed E-state index contributed by atoms with van der Waals surface area (Å²) in [5.41, 5.74) is 1.79. The first-order chi connectivity index (χ1) is 11.9. The molecule has 0 bridgehead atoms. The Labute approximate surface area is 150 Å². The molecule has 1 atom stereocenters. The molecule has 0 fully saturated rings. The molecule has 0 spiro atoms. The van der Waals surface area contributed by atoms with Gasteiger partial charge in [0.15, 0.2) is 0 Å². The molecule has 0 aliphatic rings. The average molecular weight is 360 g/mol. The number of methoxy groups -OCH3 is 1. The Bertz CT molecular complexity index is 771. The molecule has 2 aromatic rings. The molecule has 1 heterocycles. The molecule has 7 heteroatoms. The highest BCUT2D eigenvalue weighted by atomic mass is 32.1. The number of hydrogen-bond acceptors (Lipinski definition) is 5. The second kappa shape index (κ2) is 8.43. The van der Waals surface area contributed by atoms with E-state index in [0.717, 1.165) is 10.4 Å². The lowest BCUT2D eigenvalue weighted by Gasteiger charge is -2.17. The number of rotatable bonds is 6. The van der Waals surface area contributed by atoms with Crippen molar-refractivity contribution in [2.45, 2.75) is 26.3 Å². The SMILES string of the molecule is COC(=O)c1ccc(NC(=O)CC(NC(C)=O)c2cccs2)c(C)c1. The molecule has 0 saturated heterocycles. The van der Waals surface area contributed by atoms with Crippen molar-refractivity contribution >= 4 is 34.8 Å². The maximum atomic E-state index is 12.4. The Balaban J connectivity index is 2.08. The Morgan fingerprint density at radius 1 is 1.24 bits per heavy atom. The summed E-state index contributed by atoms with van der Waals surface area (Å²) in [5.74, 6) is -0.838. The quantitative estimate of drug-likeness (QED) is 0.776. The summed E-state index contributed by atoms with van der Waals surface area (Å²) in [4.78, 5) is 36.2. The first-order valence-corrected chi connectivity index (χ1v) is 8.58. The standard InChI is InChI=1S/C18H20N2O4S/c1-11-9-13(18(23)24-3)6-7-14(11)20-17(22)10-15(19-12(2)21)16-5-4-8-25-16/h4-9,15H,10H2,1-3H3,(H,19,21)(H,20,22). The van der Waals surface area contributed by atoms with Crippen LogP contribution in [0.1, 0.15) is 40.2 Å². The third-order valence-electron chi connectivity index (χ3n) is 3.58. The van der Waals surface area contributed by atoms with Crippen molar-refractivity contribution in [3.8, 4) is 0 Å². The highest BCUT2D eigenvalue weighted by molar-refractivity contribution is 7.10. The predicted molar refractivity (Wildman–Crippen MR) is 96.6 cm³/mol. The van der Waals surface area contributed by atoms with Crippen molar-refractivity contribution in [2.75, 3.05) is 12.4 Å². The van der Waals surface area contributed by atoms with E-state index in [1.807, 2.05) is 17.5 Å². The van der Waals surface area contributed by atoms with Crippen molar-refractivity contribution in [1.29, 1.82) is 0 Å². The van der Waals surface area contributed by atoms with E-state index in [1.165, 1.54) is 25.4 Å². The van der Waals surface area contributed by atoms with Gasteiger partial charge >= 0.3 is 5.97 Å². The maximum Gasteiger partial charge on any atom is 0.337 e. The lowest BCUT2D eigenvalue weighted by atomic mass is 10.1. The van der Waals surface area contributed by atoms with Crippen molar-refractivity contribution < 1.29 is 19.1 Å². The van der Waals surface area contributed by atoms with Gasteiger partial charge in [0, 0.05) is 17.5 Å². The summed E-state index contributed by atoms with van der Waals surface area (Å²) in [6, 6.07) is 8.31. The van der Waals surface area contributed by atoms with Gasteiger partial charge in [-0.2, -0.15) is 0 Å². The second-order valence-electron chi connectivity index (χ2n) is 5.54. The topological polar surface area (TPSA) is 84.5 Å². The number of esters is 1. The predicted octanol–water partition coefficient (Wildman–Crippen LogP) is 3.05. The molecule has 1 aromatic heterocycles. The highest BCUT2D eigenvalue weighted by Gasteiger charge is 2.18. The summed E-state index contributed by atoms with van der Waals surface area (Å²) in [6.45, 7) is 3.22. The molecule has 0 aliphatic heterocycles. The van der Waals surface area contributed by atoms with Crippen LogP contribution in [0.15, 0.2) is 35.7 Å². The van der Waals surface area contributed by atoms with Crippen molar-refractivity contribution in [2.24, 2.45) is 0 Å². The summed E-state index contributed by atoms with van der Waals surface area (Å²) in [6.07, 6.45) is 0.123. The van der Waals surface area contributed by atoms with Gasteiger partial charge in [-0.15, -0.1) is 11.3 Å². The number of amides is 2. The molecule has 1 aromatic carbocycles. The van der Waals surface area contributed by atoms with Gasteiger partial charge < -0.3 is 15.4 Å². The monoisotopic (exact) mass is 360 g/mol. The number of aryl methyl sites for hydroxylation is 1. The van der Waals surface area contributed by atoms with E-state index in [4.69, 9.17) is 0 Å². The van der Waals surface area contributed by atoms with Gasteiger partial charge in [0.2, 0.25) is 11.8 Å². The van der Waals surface area contributed by atoms with E-state index < -0.39 is 5.97 Å². The number of carbonyl (C=O) groups excluding carboxylic acids is 3. The number of ether oxygens (including phenoxy) is 1. The fraction of sp³-hybridized carbons (Fsp3) is 0.278. The molecule has 0 radical (unpaired) electrons. The lowest BCUT2D eigenvalue weighted by molar-refractivity contribution is -0.120. The van der Waals surface area contributed by atoms with Gasteiger partial charge in [0.1, 0.15) is 0 Å². The number of nitrogens with one attached hydrogen (secondary N) is 2. The molecule has 132 valence electrons. The minimum atomic E-state index is -0.426. The zero-order valence-electron chi connectivity index (χ0n) is 14.3. The largest absolute Gasteiger partial charge is 0.465 e. The minimum absolute atomic E-state index is 0.123. The molecule has 2 amide bonds. The molecular weight excluding hydrogens is 340 g/mol. The Hall–Kier alpha value is -2.67. The van der Waals surface area contributed by atoms with Gasteiger partial charge in [-0.05, 0) is 42.1 Å². The van der Waals surface area contributed by atoms with Crippen molar-refractivity contribution in [1.82, 2.24) is 5.32 Å². The van der Waals surface area contributed by atoms with Crippen LogP contribution in [0.25, 0.3) is 0 Å². The van der Waals surface area contributed by atoms with E-state index >= 15 is 0 Å². The summed E-state index contributed by atoms with van der Waals surface area (Å²) >= 11 is 1.49. The summed E-state index contributed by atoms with van der Waals surface area (Å²) in [5, 5.41) is 7.52. The van der Waals surface area contributed by atoms with Crippen LogP contribution in [0.2, 0.25) is 0 Å². The first-order valence-electron chi connectivity index (χ1n) is 7.70. The van der Waals surface area contributed by atoms with Gasteiger partial charge in [0.25, 0.3) is 0 Å². The van der Waals surface area contributed by atoms with Crippen LogP contribution in [0.4, 0.5) is 5.69 Å². The molecule has 2 N–H and O–H groups in total. The van der Waals surface area contributed by atoms with Gasteiger partial charge in [-0.3, -0.25) is 9.59 Å². The Morgan fingerprint density at radius 3 is 2.56 bits per heavy atom. The van der Waals surface area contributed by atoms with Crippen LogP contribution in [0, 0.1) is 6.92 Å². The molecule has 25 heavy (non-hydrogen) atoms. The minimum Gasteiger partial charge on any atom is -0.465 e. The van der Waals surface area contributed by atoms with Gasteiger partial charge in [-0.25, -0.2) is 4.79 Å². The number of anilines is 1. The van der Waals surface area contributed by atoms with E-state index in [1.54, 1.807) is 25.1 Å².